The first kappa shape index (κ1) is 11.4. The molecule has 14 heavy (non-hydrogen) atoms. The quantitative estimate of drug-likeness (QED) is 0.419. The second-order valence-corrected chi connectivity index (χ2v) is 5.31. The van der Waals surface area contributed by atoms with Gasteiger partial charge in [-0.3, -0.25) is 5.41 Å². The highest BCUT2D eigenvalue weighted by atomic mass is 32.2. The van der Waals surface area contributed by atoms with Crippen molar-refractivity contribution < 1.29 is 8.42 Å². The molecule has 0 aromatic heterocycles. The summed E-state index contributed by atoms with van der Waals surface area (Å²) in [6.07, 6.45) is 1.78. The average Bonchev–Trinajstić information content (AvgIpc) is 2.84. The lowest BCUT2D eigenvalue weighted by molar-refractivity contribution is 0.437. The molecule has 82 valence electrons. The van der Waals surface area contributed by atoms with Crippen LogP contribution in [0.3, 0.4) is 0 Å². The number of hydrogen-bond donors (Lipinski definition) is 3. The Kier molecular flexibility index (Phi) is 3.13. The largest absolute Gasteiger partial charge is 0.386 e. The lowest BCUT2D eigenvalue weighted by atomic mass is 10.3. The number of nitrogens with two attached hydrogens (primary N) is 1. The summed E-state index contributed by atoms with van der Waals surface area (Å²) >= 11 is 0. The maximum absolute atomic E-state index is 11.6. The fourth-order valence-electron chi connectivity index (χ4n) is 0.899. The van der Waals surface area contributed by atoms with E-state index in [9.17, 15) is 8.42 Å². The summed E-state index contributed by atoms with van der Waals surface area (Å²) in [6.45, 7) is 1.58. The van der Waals surface area contributed by atoms with Crippen molar-refractivity contribution in [3.05, 3.63) is 0 Å². The Morgan fingerprint density at radius 1 is 1.64 bits per heavy atom. The van der Waals surface area contributed by atoms with Crippen molar-refractivity contribution in [2.45, 2.75) is 31.8 Å². The minimum Gasteiger partial charge on any atom is -0.386 e. The second kappa shape index (κ2) is 3.84. The van der Waals surface area contributed by atoms with Crippen LogP contribution in [0.1, 0.15) is 19.8 Å². The van der Waals surface area contributed by atoms with Crippen LogP contribution in [0.5, 0.6) is 0 Å². The van der Waals surface area contributed by atoms with Crippen molar-refractivity contribution in [3.8, 4) is 0 Å². The van der Waals surface area contributed by atoms with Crippen LogP contribution in [0.25, 0.3) is 0 Å². The Hall–Kier alpha value is -0.660. The van der Waals surface area contributed by atoms with E-state index in [0.717, 1.165) is 17.1 Å². The summed E-state index contributed by atoms with van der Waals surface area (Å²) in [5.41, 5.74) is 5.23. The average molecular weight is 220 g/mol. The summed E-state index contributed by atoms with van der Waals surface area (Å²) in [7, 11) is -2.07. The normalized spacial score (nSPS) is 19.6. The number of nitrogens with one attached hydrogen (secondary N) is 2. The third kappa shape index (κ3) is 2.66. The van der Waals surface area contributed by atoms with Gasteiger partial charge in [-0.2, -0.15) is 17.4 Å². The third-order valence-corrected chi connectivity index (χ3v) is 3.97. The van der Waals surface area contributed by atoms with Crippen molar-refractivity contribution in [2.75, 3.05) is 7.05 Å². The van der Waals surface area contributed by atoms with Crippen molar-refractivity contribution in [1.82, 2.24) is 9.03 Å². The first-order chi connectivity index (χ1) is 6.34. The standard InChI is InChI=1S/C7H16N4O2S/c1-5(7(8)9)11(2)14(12,13)10-6-3-4-6/h5-6,10H,3-4H2,1-2H3,(H3,8,9). The zero-order valence-electron chi connectivity index (χ0n) is 8.32. The zero-order chi connectivity index (χ0) is 10.9. The topological polar surface area (TPSA) is 99.3 Å². The van der Waals surface area contributed by atoms with Gasteiger partial charge in [-0.05, 0) is 19.8 Å². The van der Waals surface area contributed by atoms with Crippen molar-refractivity contribution in [1.29, 1.82) is 5.41 Å². The molecule has 0 bridgehead atoms. The van der Waals surface area contributed by atoms with E-state index in [2.05, 4.69) is 4.72 Å². The van der Waals surface area contributed by atoms with Crippen molar-refractivity contribution in [2.24, 2.45) is 5.73 Å². The van der Waals surface area contributed by atoms with E-state index < -0.39 is 16.3 Å². The van der Waals surface area contributed by atoms with Gasteiger partial charge < -0.3 is 5.73 Å². The molecule has 4 N–H and O–H groups in total. The van der Waals surface area contributed by atoms with Crippen LogP contribution in [0.4, 0.5) is 0 Å². The summed E-state index contributed by atoms with van der Waals surface area (Å²) in [6, 6.07) is -0.534. The highest BCUT2D eigenvalue weighted by Gasteiger charge is 2.31. The maximum atomic E-state index is 11.6. The third-order valence-electron chi connectivity index (χ3n) is 2.27. The highest BCUT2D eigenvalue weighted by Crippen LogP contribution is 2.20. The SMILES string of the molecule is CC(C(=N)N)N(C)S(=O)(=O)NC1CC1. The summed E-state index contributed by atoms with van der Waals surface area (Å²) in [4.78, 5) is 0. The molecule has 0 saturated heterocycles. The van der Waals surface area contributed by atoms with Crippen LogP contribution < -0.4 is 10.5 Å². The van der Waals surface area contributed by atoms with Crippen LogP contribution in [-0.2, 0) is 10.2 Å². The molecule has 0 radical (unpaired) electrons. The minimum atomic E-state index is -3.48. The van der Waals surface area contributed by atoms with Crippen LogP contribution in [0.2, 0.25) is 0 Å². The molecule has 6 nitrogen and oxygen atoms in total. The molecule has 7 heteroatoms. The van der Waals surface area contributed by atoms with Gasteiger partial charge in [-0.15, -0.1) is 0 Å². The lowest BCUT2D eigenvalue weighted by Crippen LogP contribution is -2.48. The molecule has 0 aliphatic heterocycles. The van der Waals surface area contributed by atoms with E-state index in [1.54, 1.807) is 6.92 Å². The molecule has 0 aromatic rings. The van der Waals surface area contributed by atoms with E-state index >= 15 is 0 Å². The number of hydrogen-bond acceptors (Lipinski definition) is 3. The summed E-state index contributed by atoms with van der Waals surface area (Å²) in [5, 5.41) is 7.15. The molecule has 1 aliphatic rings. The highest BCUT2D eigenvalue weighted by molar-refractivity contribution is 7.87. The Morgan fingerprint density at radius 2 is 2.14 bits per heavy atom. The first-order valence-electron chi connectivity index (χ1n) is 4.44. The van der Waals surface area contributed by atoms with Crippen LogP contribution >= 0.6 is 0 Å². The zero-order valence-corrected chi connectivity index (χ0v) is 9.13. The molecule has 1 atom stereocenters. The first-order valence-corrected chi connectivity index (χ1v) is 5.88. The molecule has 1 saturated carbocycles. The van der Waals surface area contributed by atoms with Gasteiger partial charge in [-0.25, -0.2) is 0 Å². The predicted molar refractivity (Wildman–Crippen MR) is 54.2 cm³/mol. The molecule has 1 fully saturated rings. The number of likely N-dealkylation sites (N-methyl/N-ethyl adjacent to an activating group) is 1. The molecule has 0 amide bonds. The van der Waals surface area contributed by atoms with Gasteiger partial charge in [0.25, 0.3) is 10.2 Å². The van der Waals surface area contributed by atoms with E-state index in [4.69, 9.17) is 11.1 Å². The summed E-state index contributed by atoms with van der Waals surface area (Å²) in [5.74, 6) is -0.159. The van der Waals surface area contributed by atoms with Gasteiger partial charge in [0.2, 0.25) is 0 Å². The van der Waals surface area contributed by atoms with Gasteiger partial charge in [0.05, 0.1) is 6.04 Å². The molecular weight excluding hydrogens is 204 g/mol. The van der Waals surface area contributed by atoms with Gasteiger partial charge in [0.1, 0.15) is 5.84 Å². The molecule has 1 aliphatic carbocycles. The van der Waals surface area contributed by atoms with Gasteiger partial charge >= 0.3 is 0 Å². The Morgan fingerprint density at radius 3 is 2.50 bits per heavy atom. The maximum Gasteiger partial charge on any atom is 0.280 e. The van der Waals surface area contributed by atoms with E-state index in [0.29, 0.717) is 0 Å². The Bertz CT molecular complexity index is 323. The van der Waals surface area contributed by atoms with Gasteiger partial charge in [0, 0.05) is 13.1 Å². The Labute approximate surface area is 84.2 Å². The fraction of sp³-hybridized carbons (Fsp3) is 0.857. The summed E-state index contributed by atoms with van der Waals surface area (Å²) < 4.78 is 26.8. The molecular formula is C7H16N4O2S. The van der Waals surface area contributed by atoms with Crippen LogP contribution in [0.15, 0.2) is 0 Å². The molecule has 0 spiro atoms. The molecule has 0 heterocycles. The monoisotopic (exact) mass is 220 g/mol. The van der Waals surface area contributed by atoms with Crippen molar-refractivity contribution in [3.63, 3.8) is 0 Å². The fourth-order valence-corrected chi connectivity index (χ4v) is 2.25. The second-order valence-electron chi connectivity index (χ2n) is 3.54. The molecule has 1 rings (SSSR count). The van der Waals surface area contributed by atoms with Gasteiger partial charge in [0.15, 0.2) is 0 Å². The van der Waals surface area contributed by atoms with Gasteiger partial charge in [-0.1, -0.05) is 0 Å². The Balaban J connectivity index is 2.65. The van der Waals surface area contributed by atoms with E-state index in [1.807, 2.05) is 0 Å². The van der Waals surface area contributed by atoms with E-state index in [-0.39, 0.29) is 11.9 Å². The van der Waals surface area contributed by atoms with E-state index in [1.165, 1.54) is 7.05 Å². The van der Waals surface area contributed by atoms with Crippen molar-refractivity contribution >= 4 is 16.0 Å². The lowest BCUT2D eigenvalue weighted by Gasteiger charge is -2.23. The van der Waals surface area contributed by atoms with Crippen LogP contribution in [-0.4, -0.2) is 37.7 Å². The van der Waals surface area contributed by atoms with Crippen LogP contribution in [0, 0.1) is 5.41 Å². The predicted octanol–water partition coefficient (Wildman–Crippen LogP) is -0.761. The minimum absolute atomic E-state index is 0.0709. The number of nitrogens with zero attached hydrogens (tertiary/aromatic N) is 1. The number of rotatable bonds is 5. The smallest absolute Gasteiger partial charge is 0.280 e. The number of amidine groups is 1. The molecule has 0 aromatic carbocycles. The molecule has 1 unspecified atom stereocenters.